The number of nitrogens with zero attached hydrogens (tertiary/aromatic N) is 2. The van der Waals surface area contributed by atoms with E-state index < -0.39 is 0 Å². The van der Waals surface area contributed by atoms with E-state index in [9.17, 15) is 0 Å². The molecule has 13 heavy (non-hydrogen) atoms. The van der Waals surface area contributed by atoms with Gasteiger partial charge in [0.05, 0.1) is 0 Å². The summed E-state index contributed by atoms with van der Waals surface area (Å²) in [5.74, 6) is 1.58. The monoisotopic (exact) mass is 175 g/mol. The van der Waals surface area contributed by atoms with Gasteiger partial charge in [0.25, 0.3) is 0 Å². The Hall–Kier alpha value is -1.64. The fourth-order valence-electron chi connectivity index (χ4n) is 0.947. The van der Waals surface area contributed by atoms with E-state index in [1.165, 1.54) is 0 Å². The number of nitrogens with one attached hydrogen (secondary N) is 1. The Balaban J connectivity index is 3.13. The molecule has 0 aromatic carbocycles. The molecule has 1 N–H and O–H groups in total. The molecule has 0 unspecified atom stereocenters. The molecule has 0 aliphatic rings. The second kappa shape index (κ2) is 3.85. The Bertz CT molecular complexity index is 358. The van der Waals surface area contributed by atoms with Gasteiger partial charge in [0.15, 0.2) is 5.82 Å². The van der Waals surface area contributed by atoms with Crippen molar-refractivity contribution in [3.63, 3.8) is 0 Å². The Kier molecular flexibility index (Phi) is 2.80. The van der Waals surface area contributed by atoms with Crippen molar-refractivity contribution in [2.75, 3.05) is 0 Å². The van der Waals surface area contributed by atoms with Crippen molar-refractivity contribution in [3.05, 3.63) is 30.8 Å². The quantitative estimate of drug-likeness (QED) is 0.705. The van der Waals surface area contributed by atoms with Crippen LogP contribution in [0.5, 0.6) is 0 Å². The van der Waals surface area contributed by atoms with Crippen molar-refractivity contribution in [2.24, 2.45) is 4.99 Å². The van der Waals surface area contributed by atoms with Crippen molar-refractivity contribution in [1.82, 2.24) is 9.97 Å². The van der Waals surface area contributed by atoms with E-state index in [4.69, 9.17) is 0 Å². The lowest BCUT2D eigenvalue weighted by Crippen LogP contribution is -1.82. The summed E-state index contributed by atoms with van der Waals surface area (Å²) in [6.45, 7) is 11.1. The smallest absolute Gasteiger partial charge is 0.157 e. The van der Waals surface area contributed by atoms with Crippen molar-refractivity contribution in [2.45, 2.75) is 13.8 Å². The van der Waals surface area contributed by atoms with Gasteiger partial charge < -0.3 is 4.98 Å². The third-order valence-corrected chi connectivity index (χ3v) is 1.61. The number of hydrogen-bond donors (Lipinski definition) is 1. The average Bonchev–Trinajstić information content (AvgIpc) is 2.46. The minimum Gasteiger partial charge on any atom is -0.327 e. The molecule has 3 nitrogen and oxygen atoms in total. The molecular formula is C10H13N3. The van der Waals surface area contributed by atoms with Gasteiger partial charge in [-0.1, -0.05) is 13.2 Å². The first-order valence-corrected chi connectivity index (χ1v) is 4.04. The van der Waals surface area contributed by atoms with E-state index in [1.54, 1.807) is 12.2 Å². The number of aryl methyl sites for hydroxylation is 1. The van der Waals surface area contributed by atoms with Crippen molar-refractivity contribution in [1.29, 1.82) is 0 Å². The molecule has 0 amide bonds. The van der Waals surface area contributed by atoms with Crippen LogP contribution in [0.25, 0.3) is 6.08 Å². The van der Waals surface area contributed by atoms with Crippen molar-refractivity contribution < 1.29 is 0 Å². The molecule has 0 fully saturated rings. The predicted molar refractivity (Wildman–Crippen MR) is 56.4 cm³/mol. The van der Waals surface area contributed by atoms with Crippen LogP contribution in [0.2, 0.25) is 0 Å². The van der Waals surface area contributed by atoms with E-state index in [1.807, 2.05) is 13.8 Å². The Morgan fingerprint density at radius 3 is 2.77 bits per heavy atom. The van der Waals surface area contributed by atoms with Crippen LogP contribution in [-0.2, 0) is 0 Å². The molecule has 1 rings (SSSR count). The highest BCUT2D eigenvalue weighted by atomic mass is 15.0. The maximum Gasteiger partial charge on any atom is 0.157 e. The Morgan fingerprint density at radius 2 is 2.23 bits per heavy atom. The van der Waals surface area contributed by atoms with Crippen LogP contribution in [0.15, 0.2) is 24.2 Å². The number of aromatic nitrogens is 2. The van der Waals surface area contributed by atoms with Gasteiger partial charge in [0.2, 0.25) is 0 Å². The highest BCUT2D eigenvalue weighted by molar-refractivity contribution is 5.94. The van der Waals surface area contributed by atoms with Gasteiger partial charge in [-0.25, -0.2) is 9.98 Å². The van der Waals surface area contributed by atoms with E-state index in [0.29, 0.717) is 0 Å². The predicted octanol–water partition coefficient (Wildman–Crippen LogP) is 2.64. The lowest BCUT2D eigenvalue weighted by atomic mass is 10.4. The van der Waals surface area contributed by atoms with Crippen LogP contribution < -0.4 is 0 Å². The Labute approximate surface area is 77.9 Å². The summed E-state index contributed by atoms with van der Waals surface area (Å²) in [6.07, 6.45) is 3.38. The SMILES string of the molecule is C=C/C(C)=N\c1[nH]c(C)nc1C=C. The molecule has 0 aliphatic carbocycles. The van der Waals surface area contributed by atoms with E-state index >= 15 is 0 Å². The van der Waals surface area contributed by atoms with Gasteiger partial charge in [-0.2, -0.15) is 0 Å². The number of H-pyrrole nitrogens is 1. The van der Waals surface area contributed by atoms with Crippen molar-refractivity contribution in [3.8, 4) is 0 Å². The normalized spacial score (nSPS) is 11.4. The summed E-state index contributed by atoms with van der Waals surface area (Å²) < 4.78 is 0. The number of aromatic amines is 1. The molecule has 0 aliphatic heterocycles. The third kappa shape index (κ3) is 2.15. The summed E-state index contributed by atoms with van der Waals surface area (Å²) in [5.41, 5.74) is 1.63. The lowest BCUT2D eigenvalue weighted by Gasteiger charge is -1.91. The van der Waals surface area contributed by atoms with Crippen LogP contribution in [0.4, 0.5) is 5.82 Å². The molecular weight excluding hydrogens is 162 g/mol. The molecule has 1 aromatic heterocycles. The second-order valence-corrected chi connectivity index (χ2v) is 2.72. The molecule has 0 spiro atoms. The average molecular weight is 175 g/mol. The molecule has 0 saturated carbocycles. The van der Waals surface area contributed by atoms with Gasteiger partial charge >= 0.3 is 0 Å². The number of imidazole rings is 1. The molecule has 3 heteroatoms. The molecule has 0 bridgehead atoms. The fraction of sp³-hybridized carbons (Fsp3) is 0.200. The first kappa shape index (κ1) is 9.45. The van der Waals surface area contributed by atoms with Crippen molar-refractivity contribution >= 4 is 17.6 Å². The zero-order chi connectivity index (χ0) is 9.84. The summed E-state index contributed by atoms with van der Waals surface area (Å²) in [6, 6.07) is 0. The molecule has 1 aromatic rings. The standard InChI is InChI=1S/C10H13N3/c1-5-7(3)11-10-9(6-2)12-8(4)13-10/h5-6H,1-2H2,3-4H3,(H,12,13)/b11-7-. The highest BCUT2D eigenvalue weighted by Gasteiger charge is 2.02. The largest absolute Gasteiger partial charge is 0.327 e. The van der Waals surface area contributed by atoms with E-state index in [0.717, 1.165) is 23.0 Å². The zero-order valence-electron chi connectivity index (χ0n) is 7.96. The zero-order valence-corrected chi connectivity index (χ0v) is 7.96. The van der Waals surface area contributed by atoms with Crippen LogP contribution in [0.3, 0.4) is 0 Å². The topological polar surface area (TPSA) is 41.0 Å². The Morgan fingerprint density at radius 1 is 1.54 bits per heavy atom. The highest BCUT2D eigenvalue weighted by Crippen LogP contribution is 2.16. The maximum atomic E-state index is 4.28. The van der Waals surface area contributed by atoms with Gasteiger partial charge in [0, 0.05) is 5.71 Å². The van der Waals surface area contributed by atoms with Gasteiger partial charge in [-0.3, -0.25) is 0 Å². The molecule has 0 saturated heterocycles. The number of allylic oxidation sites excluding steroid dienone is 1. The van der Waals surface area contributed by atoms with Crippen LogP contribution in [-0.4, -0.2) is 15.7 Å². The first-order valence-electron chi connectivity index (χ1n) is 4.04. The van der Waals surface area contributed by atoms with Gasteiger partial charge in [-0.15, -0.1) is 0 Å². The summed E-state index contributed by atoms with van der Waals surface area (Å²) >= 11 is 0. The maximum absolute atomic E-state index is 4.28. The summed E-state index contributed by atoms with van der Waals surface area (Å²) in [5, 5.41) is 0. The second-order valence-electron chi connectivity index (χ2n) is 2.72. The van der Waals surface area contributed by atoms with Crippen LogP contribution in [0.1, 0.15) is 18.4 Å². The minimum absolute atomic E-state index is 0.741. The fourth-order valence-corrected chi connectivity index (χ4v) is 0.947. The lowest BCUT2D eigenvalue weighted by molar-refractivity contribution is 1.14. The first-order chi connectivity index (χ1) is 6.17. The third-order valence-electron chi connectivity index (χ3n) is 1.61. The van der Waals surface area contributed by atoms with Crippen LogP contribution >= 0.6 is 0 Å². The number of hydrogen-bond acceptors (Lipinski definition) is 2. The summed E-state index contributed by atoms with van der Waals surface area (Å²) in [4.78, 5) is 11.5. The summed E-state index contributed by atoms with van der Waals surface area (Å²) in [7, 11) is 0. The molecule has 68 valence electrons. The van der Waals surface area contributed by atoms with E-state index in [-0.39, 0.29) is 0 Å². The number of aliphatic imine (C=N–C) groups is 1. The van der Waals surface area contributed by atoms with Gasteiger partial charge in [0.1, 0.15) is 11.5 Å². The molecule has 0 radical (unpaired) electrons. The van der Waals surface area contributed by atoms with Crippen LogP contribution in [0, 0.1) is 6.92 Å². The number of rotatable bonds is 3. The minimum atomic E-state index is 0.741. The van der Waals surface area contributed by atoms with Gasteiger partial charge in [-0.05, 0) is 26.0 Å². The molecule has 0 atom stereocenters. The van der Waals surface area contributed by atoms with E-state index in [2.05, 4.69) is 28.1 Å². The molecule has 1 heterocycles.